The van der Waals surface area contributed by atoms with Crippen LogP contribution in [0.4, 0.5) is 5.69 Å². The van der Waals surface area contributed by atoms with E-state index in [2.05, 4.69) is 10.0 Å². The van der Waals surface area contributed by atoms with Crippen molar-refractivity contribution in [1.29, 1.82) is 0 Å². The quantitative estimate of drug-likeness (QED) is 0.168. The third-order valence-corrected chi connectivity index (χ3v) is 6.06. The fraction of sp³-hybridized carbons (Fsp3) is 0.600. The molecule has 0 aliphatic carbocycles. The molecular formula is C25H40N2O6S. The normalized spacial score (nSPS) is 12.6. The molecule has 0 aliphatic heterocycles. The highest BCUT2D eigenvalue weighted by Gasteiger charge is 2.12. The summed E-state index contributed by atoms with van der Waals surface area (Å²) in [7, 11) is -3.51. The van der Waals surface area contributed by atoms with Crippen LogP contribution in [0.1, 0.15) is 68.8 Å². The number of phenols is 1. The highest BCUT2D eigenvalue weighted by molar-refractivity contribution is 7.92. The first-order chi connectivity index (χ1) is 16.3. The number of hydrogen-bond acceptors (Lipinski definition) is 7. The summed E-state index contributed by atoms with van der Waals surface area (Å²) in [6, 6.07) is 8.36. The van der Waals surface area contributed by atoms with Gasteiger partial charge in [0.05, 0.1) is 24.3 Å². The molecular weight excluding hydrogens is 456 g/mol. The van der Waals surface area contributed by atoms with Gasteiger partial charge in [-0.3, -0.25) is 4.72 Å². The molecule has 0 amide bonds. The van der Waals surface area contributed by atoms with Crippen LogP contribution in [0.15, 0.2) is 41.0 Å². The van der Waals surface area contributed by atoms with Gasteiger partial charge in [-0.2, -0.15) is 0 Å². The predicted molar refractivity (Wildman–Crippen MR) is 135 cm³/mol. The molecule has 1 aromatic heterocycles. The van der Waals surface area contributed by atoms with Gasteiger partial charge in [0.1, 0.15) is 11.5 Å². The number of hydrogen-bond donors (Lipinski definition) is 4. The molecule has 0 aliphatic rings. The molecule has 1 heterocycles. The Hall–Kier alpha value is -2.07. The molecule has 0 radical (unpaired) electrons. The molecule has 8 nitrogen and oxygen atoms in total. The minimum atomic E-state index is -3.51. The Bertz CT molecular complexity index is 902. The van der Waals surface area contributed by atoms with Gasteiger partial charge in [-0.15, -0.1) is 0 Å². The lowest BCUT2D eigenvalue weighted by molar-refractivity contribution is 0.125. The number of anilines is 1. The van der Waals surface area contributed by atoms with Gasteiger partial charge >= 0.3 is 0 Å². The van der Waals surface area contributed by atoms with Crippen LogP contribution in [0.3, 0.4) is 0 Å². The number of nitrogens with one attached hydrogen (secondary N) is 2. The second-order valence-corrected chi connectivity index (χ2v) is 10.4. The smallest absolute Gasteiger partial charge is 0.229 e. The highest BCUT2D eigenvalue weighted by Crippen LogP contribution is 2.27. The molecule has 2 rings (SSSR count). The number of aromatic hydroxyl groups is 1. The van der Waals surface area contributed by atoms with E-state index in [1.807, 2.05) is 12.1 Å². The molecule has 0 saturated carbocycles. The van der Waals surface area contributed by atoms with Crippen molar-refractivity contribution in [2.24, 2.45) is 0 Å². The lowest BCUT2D eigenvalue weighted by Gasteiger charge is -2.14. The van der Waals surface area contributed by atoms with Crippen molar-refractivity contribution in [2.45, 2.75) is 63.9 Å². The fourth-order valence-corrected chi connectivity index (χ4v) is 4.18. The first-order valence-electron chi connectivity index (χ1n) is 12.1. The Labute approximate surface area is 203 Å². The second-order valence-electron chi connectivity index (χ2n) is 8.64. The molecule has 1 unspecified atom stereocenters. The van der Waals surface area contributed by atoms with Crippen molar-refractivity contribution in [3.8, 4) is 5.75 Å². The van der Waals surface area contributed by atoms with Gasteiger partial charge in [0, 0.05) is 26.2 Å². The predicted octanol–water partition coefficient (Wildman–Crippen LogP) is 4.36. The summed E-state index contributed by atoms with van der Waals surface area (Å²) in [6.45, 7) is 2.79. The van der Waals surface area contributed by atoms with Crippen LogP contribution in [0, 0.1) is 0 Å². The van der Waals surface area contributed by atoms with Crippen LogP contribution < -0.4 is 10.0 Å². The summed E-state index contributed by atoms with van der Waals surface area (Å²) < 4.78 is 36.1. The summed E-state index contributed by atoms with van der Waals surface area (Å²) in [6.07, 6.45) is 11.9. The third-order valence-electron chi connectivity index (χ3n) is 5.47. The Morgan fingerprint density at radius 3 is 2.38 bits per heavy atom. The maximum absolute atomic E-state index is 11.4. The van der Waals surface area contributed by atoms with Crippen molar-refractivity contribution < 1.29 is 27.8 Å². The van der Waals surface area contributed by atoms with Crippen LogP contribution >= 0.6 is 0 Å². The number of aliphatic hydroxyl groups excluding tert-OH is 1. The van der Waals surface area contributed by atoms with E-state index >= 15 is 0 Å². The summed E-state index contributed by atoms with van der Waals surface area (Å²) in [5.41, 5.74) is 0.595. The van der Waals surface area contributed by atoms with E-state index in [1.54, 1.807) is 12.3 Å². The number of aliphatic hydroxyl groups is 1. The maximum atomic E-state index is 11.4. The van der Waals surface area contributed by atoms with Crippen molar-refractivity contribution in [2.75, 3.05) is 37.3 Å². The number of ether oxygens (including phenoxy) is 1. The summed E-state index contributed by atoms with van der Waals surface area (Å²) in [5.74, 6) is 0.887. The molecule has 9 heteroatoms. The van der Waals surface area contributed by atoms with E-state index < -0.39 is 16.1 Å². The molecule has 0 spiro atoms. The van der Waals surface area contributed by atoms with Crippen LogP contribution in [0.25, 0.3) is 0 Å². The maximum Gasteiger partial charge on any atom is 0.229 e. The molecule has 4 N–H and O–H groups in total. The monoisotopic (exact) mass is 496 g/mol. The molecule has 34 heavy (non-hydrogen) atoms. The third kappa shape index (κ3) is 12.4. The largest absolute Gasteiger partial charge is 0.506 e. The topological polar surface area (TPSA) is 121 Å². The highest BCUT2D eigenvalue weighted by atomic mass is 32.2. The fourth-order valence-electron chi connectivity index (χ4n) is 3.62. The number of unbranched alkanes of at least 4 members (excludes halogenated alkanes) is 6. The molecule has 0 saturated heterocycles. The molecule has 0 bridgehead atoms. The average molecular weight is 497 g/mol. The summed E-state index contributed by atoms with van der Waals surface area (Å²) in [5, 5.41) is 23.3. The van der Waals surface area contributed by atoms with E-state index in [4.69, 9.17) is 9.15 Å². The summed E-state index contributed by atoms with van der Waals surface area (Å²) in [4.78, 5) is 0. The minimum absolute atomic E-state index is 0.0614. The van der Waals surface area contributed by atoms with Gasteiger partial charge in [-0.1, -0.05) is 31.7 Å². The van der Waals surface area contributed by atoms with Crippen molar-refractivity contribution >= 4 is 15.7 Å². The van der Waals surface area contributed by atoms with E-state index in [0.29, 0.717) is 12.1 Å². The van der Waals surface area contributed by atoms with Crippen LogP contribution in [0.5, 0.6) is 5.75 Å². The number of phenolic OH excluding ortho intramolecular Hbond substituents is 1. The Morgan fingerprint density at radius 2 is 1.71 bits per heavy atom. The van der Waals surface area contributed by atoms with E-state index in [1.165, 1.54) is 25.0 Å². The first-order valence-corrected chi connectivity index (χ1v) is 14.0. The van der Waals surface area contributed by atoms with E-state index in [-0.39, 0.29) is 11.4 Å². The van der Waals surface area contributed by atoms with Crippen molar-refractivity contribution in [3.63, 3.8) is 0 Å². The zero-order valence-electron chi connectivity index (χ0n) is 20.2. The zero-order chi connectivity index (χ0) is 24.7. The average Bonchev–Trinajstić information content (AvgIpc) is 3.30. The van der Waals surface area contributed by atoms with Gasteiger partial charge in [0.25, 0.3) is 0 Å². The molecule has 2 aromatic rings. The lowest BCUT2D eigenvalue weighted by atomic mass is 10.1. The molecule has 1 aromatic carbocycles. The summed E-state index contributed by atoms with van der Waals surface area (Å²) >= 11 is 0. The molecule has 192 valence electrons. The zero-order valence-corrected chi connectivity index (χ0v) is 21.0. The van der Waals surface area contributed by atoms with Gasteiger partial charge in [0.15, 0.2) is 0 Å². The van der Waals surface area contributed by atoms with Crippen molar-refractivity contribution in [3.05, 3.63) is 47.9 Å². The van der Waals surface area contributed by atoms with Gasteiger partial charge < -0.3 is 24.7 Å². The van der Waals surface area contributed by atoms with E-state index in [0.717, 1.165) is 76.7 Å². The van der Waals surface area contributed by atoms with Crippen LogP contribution in [-0.4, -0.2) is 51.2 Å². The number of sulfonamides is 1. The van der Waals surface area contributed by atoms with Gasteiger partial charge in [-0.05, 0) is 62.1 Å². The SMILES string of the molecule is CS(=O)(=O)Nc1cc(C(O)CNCCCCCCOCCCCCCc2ccco2)ccc1O. The van der Waals surface area contributed by atoms with Crippen molar-refractivity contribution in [1.82, 2.24) is 5.32 Å². The number of aryl methyl sites for hydroxylation is 1. The number of rotatable bonds is 19. The second kappa shape index (κ2) is 15.8. The standard InChI is InChI=1S/C25H40N2O6S/c1-34(30,31)27-23-19-21(13-14-24(23)28)25(29)20-26-15-7-3-5-9-17-32-16-8-4-2-6-11-22-12-10-18-33-22/h10,12-14,18-19,25-29H,2-9,11,15-17,20H2,1H3. The van der Waals surface area contributed by atoms with Crippen LogP contribution in [-0.2, 0) is 21.2 Å². The minimum Gasteiger partial charge on any atom is -0.506 e. The lowest BCUT2D eigenvalue weighted by Crippen LogP contribution is -2.22. The van der Waals surface area contributed by atoms with Crippen LogP contribution in [0.2, 0.25) is 0 Å². The Balaban J connectivity index is 1.41. The molecule has 0 fully saturated rings. The van der Waals surface area contributed by atoms with Gasteiger partial charge in [-0.25, -0.2) is 8.42 Å². The number of benzene rings is 1. The Morgan fingerprint density at radius 1 is 1.00 bits per heavy atom. The van der Waals surface area contributed by atoms with E-state index in [9.17, 15) is 18.6 Å². The Kier molecular flexibility index (Phi) is 13.1. The first kappa shape index (κ1) is 28.2. The molecule has 1 atom stereocenters. The number of furan rings is 1. The van der Waals surface area contributed by atoms with Gasteiger partial charge in [0.2, 0.25) is 10.0 Å².